The first-order valence-corrected chi connectivity index (χ1v) is 11.0. The Balaban J connectivity index is 1.66. The summed E-state index contributed by atoms with van der Waals surface area (Å²) < 4.78 is 16.5. The molecule has 30 heavy (non-hydrogen) atoms. The van der Waals surface area contributed by atoms with E-state index >= 15 is 0 Å². The number of morpholine rings is 1. The Bertz CT molecular complexity index is 848. The van der Waals surface area contributed by atoms with Gasteiger partial charge in [-0.1, -0.05) is 6.92 Å². The lowest BCUT2D eigenvalue weighted by atomic mass is 10.0. The highest BCUT2D eigenvalue weighted by molar-refractivity contribution is 5.93. The average molecular weight is 416 g/mol. The van der Waals surface area contributed by atoms with Crippen LogP contribution in [0.15, 0.2) is 12.1 Å². The van der Waals surface area contributed by atoms with Gasteiger partial charge in [-0.2, -0.15) is 4.98 Å². The number of anilines is 2. The first kappa shape index (κ1) is 20.9. The van der Waals surface area contributed by atoms with Gasteiger partial charge in [0, 0.05) is 43.7 Å². The van der Waals surface area contributed by atoms with Crippen LogP contribution in [0.3, 0.4) is 0 Å². The second-order valence-electron chi connectivity index (χ2n) is 7.96. The fourth-order valence-corrected chi connectivity index (χ4v) is 4.27. The van der Waals surface area contributed by atoms with Crippen LogP contribution in [0, 0.1) is 0 Å². The summed E-state index contributed by atoms with van der Waals surface area (Å²) in [5.74, 6) is 2.98. The van der Waals surface area contributed by atoms with E-state index in [-0.39, 0.29) is 0 Å². The fraction of sp³-hybridized carbons (Fsp3) is 0.636. The van der Waals surface area contributed by atoms with Gasteiger partial charge >= 0.3 is 0 Å². The maximum atomic E-state index is 5.53. The number of methoxy groups -OCH3 is 2. The zero-order valence-corrected chi connectivity index (χ0v) is 18.3. The molecule has 1 aromatic carbocycles. The zero-order valence-electron chi connectivity index (χ0n) is 18.3. The Labute approximate surface area is 178 Å². The Morgan fingerprint density at radius 1 is 1.03 bits per heavy atom. The lowest BCUT2D eigenvalue weighted by Gasteiger charge is -2.33. The molecule has 0 saturated carbocycles. The summed E-state index contributed by atoms with van der Waals surface area (Å²) in [5.41, 5.74) is 0.857. The van der Waals surface area contributed by atoms with E-state index < -0.39 is 0 Å². The summed E-state index contributed by atoms with van der Waals surface area (Å²) in [6, 6.07) is 4.32. The second-order valence-corrected chi connectivity index (χ2v) is 7.96. The minimum absolute atomic E-state index is 0.404. The molecule has 164 valence electrons. The smallest absolute Gasteiger partial charge is 0.228 e. The molecule has 2 aliphatic rings. The number of aromatic nitrogens is 2. The van der Waals surface area contributed by atoms with Crippen molar-refractivity contribution in [3.63, 3.8) is 0 Å². The van der Waals surface area contributed by atoms with Crippen LogP contribution in [-0.2, 0) is 4.74 Å². The SMILES string of the molecule is CCCN1CCC(Nc2nc(N3CCOCC3)nc3cc(OC)c(OC)cc23)CC1. The van der Waals surface area contributed by atoms with Crippen LogP contribution >= 0.6 is 0 Å². The van der Waals surface area contributed by atoms with Crippen LogP contribution in [0.2, 0.25) is 0 Å². The number of rotatable bonds is 7. The number of hydrogen-bond donors (Lipinski definition) is 1. The summed E-state index contributed by atoms with van der Waals surface area (Å²) in [4.78, 5) is 14.5. The van der Waals surface area contributed by atoms with Crippen LogP contribution in [0.1, 0.15) is 26.2 Å². The molecule has 0 radical (unpaired) electrons. The molecule has 2 aromatic rings. The van der Waals surface area contributed by atoms with Crippen LogP contribution < -0.4 is 19.7 Å². The molecular weight excluding hydrogens is 382 g/mol. The van der Waals surface area contributed by atoms with Gasteiger partial charge in [-0.15, -0.1) is 0 Å². The Hall–Kier alpha value is -2.32. The van der Waals surface area contributed by atoms with Crippen LogP contribution in [-0.4, -0.2) is 81.1 Å². The Morgan fingerprint density at radius 3 is 2.40 bits per heavy atom. The molecule has 0 atom stereocenters. The van der Waals surface area contributed by atoms with Crippen LogP contribution in [0.25, 0.3) is 10.9 Å². The van der Waals surface area contributed by atoms with E-state index in [1.165, 1.54) is 13.0 Å². The van der Waals surface area contributed by atoms with Gasteiger partial charge in [0.05, 0.1) is 33.0 Å². The lowest BCUT2D eigenvalue weighted by molar-refractivity contribution is 0.122. The first-order valence-electron chi connectivity index (χ1n) is 11.0. The molecule has 0 bridgehead atoms. The minimum atomic E-state index is 0.404. The third kappa shape index (κ3) is 4.54. The van der Waals surface area contributed by atoms with E-state index in [2.05, 4.69) is 22.0 Å². The number of ether oxygens (including phenoxy) is 3. The molecule has 8 heteroatoms. The first-order chi connectivity index (χ1) is 14.7. The molecule has 0 amide bonds. The molecule has 0 spiro atoms. The maximum absolute atomic E-state index is 5.53. The number of nitrogens with one attached hydrogen (secondary N) is 1. The predicted octanol–water partition coefficient (Wildman–Crippen LogP) is 2.77. The van der Waals surface area contributed by atoms with E-state index in [1.54, 1.807) is 14.2 Å². The molecule has 8 nitrogen and oxygen atoms in total. The Morgan fingerprint density at radius 2 is 1.73 bits per heavy atom. The van der Waals surface area contributed by atoms with Gasteiger partial charge in [-0.25, -0.2) is 4.98 Å². The molecule has 2 fully saturated rings. The van der Waals surface area contributed by atoms with Gasteiger partial charge in [0.15, 0.2) is 11.5 Å². The lowest BCUT2D eigenvalue weighted by Crippen LogP contribution is -2.40. The van der Waals surface area contributed by atoms with Gasteiger partial charge in [-0.05, 0) is 31.9 Å². The van der Waals surface area contributed by atoms with Gasteiger partial charge < -0.3 is 29.3 Å². The van der Waals surface area contributed by atoms with Gasteiger partial charge in [-0.3, -0.25) is 0 Å². The quantitative estimate of drug-likeness (QED) is 0.740. The van der Waals surface area contributed by atoms with E-state index in [4.69, 9.17) is 24.2 Å². The summed E-state index contributed by atoms with van der Waals surface area (Å²) >= 11 is 0. The van der Waals surface area contributed by atoms with Gasteiger partial charge in [0.25, 0.3) is 0 Å². The molecule has 0 unspecified atom stereocenters. The summed E-state index contributed by atoms with van der Waals surface area (Å²) in [6.07, 6.45) is 3.44. The predicted molar refractivity (Wildman–Crippen MR) is 119 cm³/mol. The number of piperidine rings is 1. The summed E-state index contributed by atoms with van der Waals surface area (Å²) in [5, 5.41) is 4.68. The average Bonchev–Trinajstić information content (AvgIpc) is 2.80. The molecular formula is C22H33N5O3. The fourth-order valence-electron chi connectivity index (χ4n) is 4.27. The molecule has 2 saturated heterocycles. The van der Waals surface area contributed by atoms with Crippen molar-refractivity contribution >= 4 is 22.7 Å². The largest absolute Gasteiger partial charge is 0.493 e. The van der Waals surface area contributed by atoms with Crippen molar-refractivity contribution in [2.45, 2.75) is 32.2 Å². The summed E-state index contributed by atoms with van der Waals surface area (Å²) in [7, 11) is 3.31. The molecule has 1 N–H and O–H groups in total. The molecule has 3 heterocycles. The van der Waals surface area contributed by atoms with Crippen LogP contribution in [0.5, 0.6) is 11.5 Å². The number of nitrogens with zero attached hydrogens (tertiary/aromatic N) is 4. The normalized spacial score (nSPS) is 18.6. The van der Waals surface area contributed by atoms with Crippen LogP contribution in [0.4, 0.5) is 11.8 Å². The van der Waals surface area contributed by atoms with E-state index in [1.807, 2.05) is 12.1 Å². The van der Waals surface area contributed by atoms with Gasteiger partial charge in [0.1, 0.15) is 5.82 Å². The topological polar surface area (TPSA) is 72.0 Å². The van der Waals surface area contributed by atoms with Crippen molar-refractivity contribution in [1.29, 1.82) is 0 Å². The zero-order chi connectivity index (χ0) is 20.9. The monoisotopic (exact) mass is 415 g/mol. The highest BCUT2D eigenvalue weighted by atomic mass is 16.5. The Kier molecular flexibility index (Phi) is 6.74. The molecule has 0 aliphatic carbocycles. The molecule has 1 aromatic heterocycles. The number of hydrogen-bond acceptors (Lipinski definition) is 8. The van der Waals surface area contributed by atoms with Crippen molar-refractivity contribution < 1.29 is 14.2 Å². The third-order valence-electron chi connectivity index (χ3n) is 5.95. The highest BCUT2D eigenvalue weighted by Gasteiger charge is 2.22. The van der Waals surface area contributed by atoms with Crippen molar-refractivity contribution in [2.75, 3.05) is 70.4 Å². The minimum Gasteiger partial charge on any atom is -0.493 e. The molecule has 2 aliphatic heterocycles. The summed E-state index contributed by atoms with van der Waals surface area (Å²) in [6.45, 7) is 8.68. The number of benzene rings is 1. The molecule has 4 rings (SSSR count). The van der Waals surface area contributed by atoms with Crippen molar-refractivity contribution in [2.24, 2.45) is 0 Å². The second kappa shape index (κ2) is 9.66. The third-order valence-corrected chi connectivity index (χ3v) is 5.95. The van der Waals surface area contributed by atoms with E-state index in [0.717, 1.165) is 61.7 Å². The highest BCUT2D eigenvalue weighted by Crippen LogP contribution is 2.35. The standard InChI is InChI=1S/C22H33N5O3/c1-4-7-26-8-5-16(6-9-26)23-21-17-14-19(28-2)20(29-3)15-18(17)24-22(25-21)27-10-12-30-13-11-27/h14-16H,4-13H2,1-3H3,(H,23,24,25). The van der Waals surface area contributed by atoms with Crippen molar-refractivity contribution in [3.05, 3.63) is 12.1 Å². The van der Waals surface area contributed by atoms with E-state index in [0.29, 0.717) is 30.8 Å². The van der Waals surface area contributed by atoms with E-state index in [9.17, 15) is 0 Å². The van der Waals surface area contributed by atoms with Gasteiger partial charge in [0.2, 0.25) is 5.95 Å². The van der Waals surface area contributed by atoms with Crippen molar-refractivity contribution in [3.8, 4) is 11.5 Å². The van der Waals surface area contributed by atoms with Crippen molar-refractivity contribution in [1.82, 2.24) is 14.9 Å². The number of fused-ring (bicyclic) bond motifs is 1. The number of likely N-dealkylation sites (tertiary alicyclic amines) is 1. The maximum Gasteiger partial charge on any atom is 0.228 e.